The Hall–Kier alpha value is -0.650. The molecule has 1 rings (SSSR count). The van der Waals surface area contributed by atoms with Crippen LogP contribution in [-0.4, -0.2) is 49.5 Å². The summed E-state index contributed by atoms with van der Waals surface area (Å²) < 4.78 is 5.88. The van der Waals surface area contributed by atoms with Crippen LogP contribution >= 0.6 is 0 Å². The first kappa shape index (κ1) is 17.4. The van der Waals surface area contributed by atoms with Crippen molar-refractivity contribution in [2.75, 3.05) is 26.2 Å². The molecule has 0 radical (unpaired) electrons. The van der Waals surface area contributed by atoms with Crippen LogP contribution in [0.25, 0.3) is 0 Å². The number of amides is 1. The molecule has 3 N–H and O–H groups in total. The van der Waals surface area contributed by atoms with Gasteiger partial charge in [-0.25, -0.2) is 0 Å². The van der Waals surface area contributed by atoms with Crippen molar-refractivity contribution in [2.45, 2.75) is 58.2 Å². The second kappa shape index (κ2) is 10.1. The number of hydrogen-bond acceptors (Lipinski definition) is 4. The predicted octanol–water partition coefficient (Wildman–Crippen LogP) is 1.06. The van der Waals surface area contributed by atoms with Gasteiger partial charge in [0, 0.05) is 26.6 Å². The van der Waals surface area contributed by atoms with Crippen LogP contribution in [0.4, 0.5) is 0 Å². The van der Waals surface area contributed by atoms with E-state index < -0.39 is 6.10 Å². The van der Waals surface area contributed by atoms with E-state index in [4.69, 9.17) is 4.74 Å². The van der Waals surface area contributed by atoms with Crippen LogP contribution in [0.3, 0.4) is 0 Å². The molecule has 0 bridgehead atoms. The Labute approximate surface area is 122 Å². The molecular formula is C15H30N2O3. The molecule has 5 nitrogen and oxygen atoms in total. The van der Waals surface area contributed by atoms with Crippen molar-refractivity contribution in [3.8, 4) is 0 Å². The minimum atomic E-state index is -0.480. The first-order chi connectivity index (χ1) is 9.63. The molecule has 3 unspecified atom stereocenters. The van der Waals surface area contributed by atoms with E-state index in [-0.39, 0.29) is 5.91 Å². The number of aliphatic hydroxyl groups is 1. The molecule has 0 heterocycles. The van der Waals surface area contributed by atoms with Gasteiger partial charge in [-0.05, 0) is 18.8 Å². The number of carbonyl (C=O) groups is 1. The Balaban J connectivity index is 2.06. The number of nitrogens with one attached hydrogen (secondary N) is 2. The van der Waals surface area contributed by atoms with E-state index in [0.29, 0.717) is 38.3 Å². The van der Waals surface area contributed by atoms with Crippen molar-refractivity contribution < 1.29 is 14.6 Å². The summed E-state index contributed by atoms with van der Waals surface area (Å²) in [5.74, 6) is 0.627. The summed E-state index contributed by atoms with van der Waals surface area (Å²) in [6.45, 7) is 5.86. The maximum Gasteiger partial charge on any atom is 0.216 e. The fourth-order valence-corrected chi connectivity index (χ4v) is 2.75. The summed E-state index contributed by atoms with van der Waals surface area (Å²) in [4.78, 5) is 10.7. The van der Waals surface area contributed by atoms with Gasteiger partial charge >= 0.3 is 0 Å². The zero-order valence-electron chi connectivity index (χ0n) is 12.9. The van der Waals surface area contributed by atoms with E-state index in [0.717, 1.165) is 12.8 Å². The Bertz CT molecular complexity index is 274. The van der Waals surface area contributed by atoms with Crippen molar-refractivity contribution >= 4 is 5.91 Å². The van der Waals surface area contributed by atoms with Gasteiger partial charge in [0.25, 0.3) is 0 Å². The summed E-state index contributed by atoms with van der Waals surface area (Å²) in [5.41, 5.74) is 0. The summed E-state index contributed by atoms with van der Waals surface area (Å²) in [6, 6.07) is 0. The lowest BCUT2D eigenvalue weighted by molar-refractivity contribution is -0.118. The maximum atomic E-state index is 10.7. The molecular weight excluding hydrogens is 256 g/mol. The van der Waals surface area contributed by atoms with Gasteiger partial charge in [-0.15, -0.1) is 0 Å². The fraction of sp³-hybridized carbons (Fsp3) is 0.933. The molecule has 0 saturated heterocycles. The molecule has 1 saturated carbocycles. The minimum Gasteiger partial charge on any atom is -0.389 e. The molecule has 118 valence electrons. The standard InChI is InChI=1S/C15H30N2O3/c1-3-13-6-4-5-7-15(13)20-11-14(19)10-16-8-9-17-12(2)18/h13-16,19H,3-11H2,1-2H3,(H,17,18). The van der Waals surface area contributed by atoms with E-state index >= 15 is 0 Å². The molecule has 1 aliphatic carbocycles. The zero-order valence-corrected chi connectivity index (χ0v) is 12.9. The Morgan fingerprint density at radius 2 is 2.10 bits per heavy atom. The second-order valence-corrected chi connectivity index (χ2v) is 5.67. The van der Waals surface area contributed by atoms with Gasteiger partial charge in [-0.2, -0.15) is 0 Å². The molecule has 0 aliphatic heterocycles. The van der Waals surface area contributed by atoms with Gasteiger partial charge in [0.1, 0.15) is 0 Å². The molecule has 1 fully saturated rings. The van der Waals surface area contributed by atoms with Crippen LogP contribution in [0, 0.1) is 5.92 Å². The summed E-state index contributed by atoms with van der Waals surface area (Å²) in [6.07, 6.45) is 5.94. The van der Waals surface area contributed by atoms with Crippen molar-refractivity contribution in [3.05, 3.63) is 0 Å². The Morgan fingerprint density at radius 1 is 1.35 bits per heavy atom. The number of hydrogen-bond donors (Lipinski definition) is 3. The van der Waals surface area contributed by atoms with Gasteiger partial charge in [-0.1, -0.05) is 26.2 Å². The van der Waals surface area contributed by atoms with Crippen molar-refractivity contribution in [1.82, 2.24) is 10.6 Å². The van der Waals surface area contributed by atoms with Crippen LogP contribution in [-0.2, 0) is 9.53 Å². The molecule has 0 aromatic rings. The highest BCUT2D eigenvalue weighted by molar-refractivity contribution is 5.72. The zero-order chi connectivity index (χ0) is 14.8. The van der Waals surface area contributed by atoms with Gasteiger partial charge in [0.2, 0.25) is 5.91 Å². The Morgan fingerprint density at radius 3 is 2.80 bits per heavy atom. The number of rotatable bonds is 9. The molecule has 0 aromatic heterocycles. The predicted molar refractivity (Wildman–Crippen MR) is 79.5 cm³/mol. The Kier molecular flexibility index (Phi) is 8.82. The molecule has 3 atom stereocenters. The van der Waals surface area contributed by atoms with Gasteiger partial charge < -0.3 is 20.5 Å². The largest absolute Gasteiger partial charge is 0.389 e. The third kappa shape index (κ3) is 7.22. The van der Waals surface area contributed by atoms with Crippen LogP contribution in [0.5, 0.6) is 0 Å². The van der Waals surface area contributed by atoms with Gasteiger partial charge in [0.05, 0.1) is 18.8 Å². The average Bonchev–Trinajstić information content (AvgIpc) is 2.44. The molecule has 1 amide bonds. The average molecular weight is 286 g/mol. The molecule has 20 heavy (non-hydrogen) atoms. The highest BCUT2D eigenvalue weighted by atomic mass is 16.5. The van der Waals surface area contributed by atoms with E-state index in [2.05, 4.69) is 17.6 Å². The van der Waals surface area contributed by atoms with Crippen LogP contribution in [0.1, 0.15) is 46.0 Å². The third-order valence-corrected chi connectivity index (χ3v) is 3.92. The summed E-state index contributed by atoms with van der Waals surface area (Å²) in [7, 11) is 0. The lowest BCUT2D eigenvalue weighted by Crippen LogP contribution is -2.37. The summed E-state index contributed by atoms with van der Waals surface area (Å²) in [5, 5.41) is 15.7. The highest BCUT2D eigenvalue weighted by Gasteiger charge is 2.24. The van der Waals surface area contributed by atoms with Crippen LogP contribution < -0.4 is 10.6 Å². The smallest absolute Gasteiger partial charge is 0.216 e. The van der Waals surface area contributed by atoms with Crippen molar-refractivity contribution in [1.29, 1.82) is 0 Å². The minimum absolute atomic E-state index is 0.0291. The number of carbonyl (C=O) groups excluding carboxylic acids is 1. The lowest BCUT2D eigenvalue weighted by Gasteiger charge is -2.31. The first-order valence-electron chi connectivity index (χ1n) is 7.88. The van der Waals surface area contributed by atoms with Crippen LogP contribution in [0.15, 0.2) is 0 Å². The summed E-state index contributed by atoms with van der Waals surface area (Å²) >= 11 is 0. The van der Waals surface area contributed by atoms with Crippen molar-refractivity contribution in [2.24, 2.45) is 5.92 Å². The lowest BCUT2D eigenvalue weighted by atomic mass is 9.85. The number of ether oxygens (including phenoxy) is 1. The van der Waals surface area contributed by atoms with Crippen LogP contribution in [0.2, 0.25) is 0 Å². The highest BCUT2D eigenvalue weighted by Crippen LogP contribution is 2.29. The third-order valence-electron chi connectivity index (χ3n) is 3.92. The van der Waals surface area contributed by atoms with E-state index in [9.17, 15) is 9.90 Å². The second-order valence-electron chi connectivity index (χ2n) is 5.67. The normalized spacial score (nSPS) is 24.4. The SMILES string of the molecule is CCC1CCCCC1OCC(O)CNCCNC(C)=O. The van der Waals surface area contributed by atoms with E-state index in [1.54, 1.807) is 0 Å². The maximum absolute atomic E-state index is 10.7. The monoisotopic (exact) mass is 286 g/mol. The number of aliphatic hydroxyl groups excluding tert-OH is 1. The van der Waals surface area contributed by atoms with Gasteiger partial charge in [-0.3, -0.25) is 4.79 Å². The quantitative estimate of drug-likeness (QED) is 0.554. The molecule has 5 heteroatoms. The molecule has 0 aromatic carbocycles. The van der Waals surface area contributed by atoms with E-state index in [1.807, 2.05) is 0 Å². The molecule has 0 spiro atoms. The fourth-order valence-electron chi connectivity index (χ4n) is 2.75. The topological polar surface area (TPSA) is 70.6 Å². The van der Waals surface area contributed by atoms with Gasteiger partial charge in [0.15, 0.2) is 0 Å². The van der Waals surface area contributed by atoms with E-state index in [1.165, 1.54) is 26.2 Å². The van der Waals surface area contributed by atoms with Crippen molar-refractivity contribution in [3.63, 3.8) is 0 Å². The molecule has 1 aliphatic rings. The first-order valence-corrected chi connectivity index (χ1v) is 7.88.